The summed E-state index contributed by atoms with van der Waals surface area (Å²) < 4.78 is 46.1. The Labute approximate surface area is 160 Å². The highest BCUT2D eigenvalue weighted by Gasteiger charge is 2.36. The molecule has 28 heavy (non-hydrogen) atoms. The molecule has 152 valence electrons. The summed E-state index contributed by atoms with van der Waals surface area (Å²) in [4.78, 5) is 16.9. The lowest BCUT2D eigenvalue weighted by Gasteiger charge is -2.39. The van der Waals surface area contributed by atoms with E-state index in [9.17, 15) is 18.0 Å². The number of nitrogens with zero attached hydrogens (tertiary/aromatic N) is 2. The van der Waals surface area contributed by atoms with Crippen molar-refractivity contribution in [2.75, 3.05) is 13.2 Å². The van der Waals surface area contributed by atoms with Crippen LogP contribution < -0.4 is 10.6 Å². The highest BCUT2D eigenvalue weighted by molar-refractivity contribution is 5.79. The van der Waals surface area contributed by atoms with Crippen molar-refractivity contribution in [3.8, 4) is 0 Å². The molecule has 2 aliphatic rings. The van der Waals surface area contributed by atoms with Crippen LogP contribution in [0.3, 0.4) is 0 Å². The van der Waals surface area contributed by atoms with Gasteiger partial charge in [0, 0.05) is 25.6 Å². The first kappa shape index (κ1) is 19.2. The third-order valence-electron chi connectivity index (χ3n) is 5.72. The van der Waals surface area contributed by atoms with Gasteiger partial charge in [0.05, 0.1) is 35.9 Å². The average molecular weight is 396 g/mol. The molecule has 1 aliphatic carbocycles. The van der Waals surface area contributed by atoms with E-state index < -0.39 is 11.7 Å². The molecular weight excluding hydrogens is 373 g/mol. The lowest BCUT2D eigenvalue weighted by atomic mass is 9.82. The van der Waals surface area contributed by atoms with Crippen LogP contribution in [0.4, 0.5) is 13.2 Å². The Bertz CT molecular complexity index is 880. The highest BCUT2D eigenvalue weighted by Crippen LogP contribution is 2.31. The van der Waals surface area contributed by atoms with E-state index in [0.29, 0.717) is 17.9 Å². The van der Waals surface area contributed by atoms with Gasteiger partial charge in [0.1, 0.15) is 5.82 Å². The van der Waals surface area contributed by atoms with E-state index in [1.165, 1.54) is 6.07 Å². The molecule has 2 heterocycles. The molecule has 1 saturated heterocycles. The molecule has 0 radical (unpaired) electrons. The van der Waals surface area contributed by atoms with Crippen LogP contribution in [-0.2, 0) is 29.3 Å². The van der Waals surface area contributed by atoms with Gasteiger partial charge in [0.15, 0.2) is 0 Å². The average Bonchev–Trinajstić information content (AvgIpc) is 3.00. The summed E-state index contributed by atoms with van der Waals surface area (Å²) in [6, 6.07) is 3.70. The van der Waals surface area contributed by atoms with Crippen molar-refractivity contribution in [1.29, 1.82) is 0 Å². The molecule has 0 unspecified atom stereocenters. The summed E-state index contributed by atoms with van der Waals surface area (Å²) in [7, 11) is 1.73. The van der Waals surface area contributed by atoms with Gasteiger partial charge in [-0.3, -0.25) is 4.79 Å². The molecule has 3 atom stereocenters. The first-order valence-corrected chi connectivity index (χ1v) is 9.48. The van der Waals surface area contributed by atoms with Gasteiger partial charge in [-0.15, -0.1) is 0 Å². The standard InChI is InChI=1S/C19H23F3N4O2/c1-26-15-4-3-12(19(20,21)22)9-13(15)25-17(26)10-24-18(27)11-2-5-16-14(8-11)23-6-7-28-16/h3-4,9,11,14,16,23H,2,5-8,10H2,1H3,(H,24,27)/t11-,14+,16+/m0/s1. The Balaban J connectivity index is 1.42. The monoisotopic (exact) mass is 396 g/mol. The van der Waals surface area contributed by atoms with E-state index in [1.54, 1.807) is 11.6 Å². The Hall–Kier alpha value is -2.13. The van der Waals surface area contributed by atoms with Crippen LogP contribution in [0.15, 0.2) is 18.2 Å². The second-order valence-electron chi connectivity index (χ2n) is 7.49. The Morgan fingerprint density at radius 2 is 2.21 bits per heavy atom. The van der Waals surface area contributed by atoms with Gasteiger partial charge in [0.2, 0.25) is 5.91 Å². The number of aryl methyl sites for hydroxylation is 1. The second kappa shape index (κ2) is 7.36. The summed E-state index contributed by atoms with van der Waals surface area (Å²) in [5.74, 6) is 0.381. The quantitative estimate of drug-likeness (QED) is 0.836. The first-order valence-electron chi connectivity index (χ1n) is 9.48. The number of benzene rings is 1. The minimum Gasteiger partial charge on any atom is -0.375 e. The van der Waals surface area contributed by atoms with E-state index in [-0.39, 0.29) is 36.0 Å². The number of imidazole rings is 1. The van der Waals surface area contributed by atoms with Gasteiger partial charge in [0.25, 0.3) is 0 Å². The molecule has 1 saturated carbocycles. The molecule has 4 rings (SSSR count). The minimum absolute atomic E-state index is 0.0474. The Morgan fingerprint density at radius 3 is 3.00 bits per heavy atom. The van der Waals surface area contributed by atoms with E-state index in [0.717, 1.165) is 37.9 Å². The summed E-state index contributed by atoms with van der Waals surface area (Å²) in [6.45, 7) is 1.69. The molecule has 1 aliphatic heterocycles. The number of aromatic nitrogens is 2. The van der Waals surface area contributed by atoms with Crippen LogP contribution in [0, 0.1) is 5.92 Å². The van der Waals surface area contributed by atoms with Crippen molar-refractivity contribution < 1.29 is 22.7 Å². The molecule has 2 fully saturated rings. The zero-order valence-electron chi connectivity index (χ0n) is 15.6. The number of ether oxygens (including phenoxy) is 1. The maximum absolute atomic E-state index is 12.9. The second-order valence-corrected chi connectivity index (χ2v) is 7.49. The smallest absolute Gasteiger partial charge is 0.375 e. The Kier molecular flexibility index (Phi) is 5.05. The number of morpholine rings is 1. The topological polar surface area (TPSA) is 68.2 Å². The third-order valence-corrected chi connectivity index (χ3v) is 5.72. The largest absolute Gasteiger partial charge is 0.416 e. The minimum atomic E-state index is -4.41. The lowest BCUT2D eigenvalue weighted by molar-refractivity contribution is -0.137. The van der Waals surface area contributed by atoms with Gasteiger partial charge < -0.3 is 19.9 Å². The fraction of sp³-hybridized carbons (Fsp3) is 0.579. The number of alkyl halides is 3. The van der Waals surface area contributed by atoms with Gasteiger partial charge in [-0.2, -0.15) is 13.2 Å². The molecule has 2 aromatic rings. The van der Waals surface area contributed by atoms with E-state index in [4.69, 9.17) is 4.74 Å². The predicted molar refractivity (Wildman–Crippen MR) is 96.4 cm³/mol. The first-order chi connectivity index (χ1) is 13.3. The van der Waals surface area contributed by atoms with Crippen LogP contribution in [0.5, 0.6) is 0 Å². The van der Waals surface area contributed by atoms with E-state index in [1.807, 2.05) is 0 Å². The summed E-state index contributed by atoms with van der Waals surface area (Å²) >= 11 is 0. The van der Waals surface area contributed by atoms with E-state index in [2.05, 4.69) is 15.6 Å². The number of carbonyl (C=O) groups excluding carboxylic acids is 1. The summed E-state index contributed by atoms with van der Waals surface area (Å²) in [6.07, 6.45) is -1.88. The van der Waals surface area contributed by atoms with Crippen molar-refractivity contribution in [3.63, 3.8) is 0 Å². The van der Waals surface area contributed by atoms with Gasteiger partial charge in [-0.25, -0.2) is 4.98 Å². The molecule has 2 N–H and O–H groups in total. The van der Waals surface area contributed by atoms with Crippen molar-refractivity contribution in [1.82, 2.24) is 20.2 Å². The van der Waals surface area contributed by atoms with Crippen molar-refractivity contribution in [2.45, 2.75) is 44.1 Å². The van der Waals surface area contributed by atoms with Crippen LogP contribution >= 0.6 is 0 Å². The van der Waals surface area contributed by atoms with E-state index >= 15 is 0 Å². The SMILES string of the molecule is Cn1c(CNC(=O)[C@H]2CC[C@H]3OCCN[C@@H]3C2)nc2cc(C(F)(F)F)ccc21. The molecular formula is C19H23F3N4O2. The third kappa shape index (κ3) is 3.73. The van der Waals surface area contributed by atoms with Crippen molar-refractivity contribution in [2.24, 2.45) is 13.0 Å². The van der Waals surface area contributed by atoms with Crippen molar-refractivity contribution in [3.05, 3.63) is 29.6 Å². The molecule has 6 nitrogen and oxygen atoms in total. The lowest BCUT2D eigenvalue weighted by Crippen LogP contribution is -2.53. The van der Waals surface area contributed by atoms with Gasteiger partial charge in [-0.05, 0) is 37.5 Å². The maximum Gasteiger partial charge on any atom is 0.416 e. The number of amides is 1. The number of halogens is 3. The van der Waals surface area contributed by atoms with Crippen LogP contribution in [0.2, 0.25) is 0 Å². The number of carbonyl (C=O) groups is 1. The molecule has 1 aromatic carbocycles. The van der Waals surface area contributed by atoms with Gasteiger partial charge >= 0.3 is 6.18 Å². The normalized spacial score (nSPS) is 25.5. The van der Waals surface area contributed by atoms with Crippen LogP contribution in [0.25, 0.3) is 11.0 Å². The number of hydrogen-bond acceptors (Lipinski definition) is 4. The molecule has 1 amide bonds. The predicted octanol–water partition coefficient (Wildman–Crippen LogP) is 2.37. The number of hydrogen-bond donors (Lipinski definition) is 2. The van der Waals surface area contributed by atoms with Crippen molar-refractivity contribution >= 4 is 16.9 Å². The molecule has 0 spiro atoms. The van der Waals surface area contributed by atoms with Crippen LogP contribution in [-0.4, -0.2) is 40.8 Å². The molecule has 1 aromatic heterocycles. The fourth-order valence-corrected chi connectivity index (χ4v) is 4.14. The van der Waals surface area contributed by atoms with Gasteiger partial charge in [-0.1, -0.05) is 0 Å². The Morgan fingerprint density at radius 1 is 1.39 bits per heavy atom. The summed E-state index contributed by atoms with van der Waals surface area (Å²) in [5.41, 5.74) is 0.139. The molecule has 9 heteroatoms. The fourth-order valence-electron chi connectivity index (χ4n) is 4.14. The highest BCUT2D eigenvalue weighted by atomic mass is 19.4. The van der Waals surface area contributed by atoms with Crippen LogP contribution in [0.1, 0.15) is 30.7 Å². The maximum atomic E-state index is 12.9. The summed E-state index contributed by atoms with van der Waals surface area (Å²) in [5, 5.41) is 6.31. The number of nitrogens with one attached hydrogen (secondary N) is 2. The number of rotatable bonds is 3. The number of fused-ring (bicyclic) bond motifs is 2. The zero-order valence-corrected chi connectivity index (χ0v) is 15.6. The zero-order chi connectivity index (χ0) is 19.9. The molecule has 0 bridgehead atoms.